The van der Waals surface area contributed by atoms with E-state index in [9.17, 15) is 13.6 Å². The molecule has 4 nitrogen and oxygen atoms in total. The fourth-order valence-corrected chi connectivity index (χ4v) is 4.98. The molecule has 0 bridgehead atoms. The summed E-state index contributed by atoms with van der Waals surface area (Å²) in [5.41, 5.74) is 3.31. The summed E-state index contributed by atoms with van der Waals surface area (Å²) in [6.45, 7) is 1.16. The number of aromatic amines is 1. The van der Waals surface area contributed by atoms with Gasteiger partial charge in [0.1, 0.15) is 11.6 Å². The number of para-hydroxylation sites is 1. The highest BCUT2D eigenvalue weighted by molar-refractivity contribution is 6.42. The number of carbonyl (C=O) groups is 1. The molecule has 3 aromatic carbocycles. The van der Waals surface area contributed by atoms with Gasteiger partial charge in [0.15, 0.2) is 0 Å². The van der Waals surface area contributed by atoms with Crippen LogP contribution in [0.3, 0.4) is 0 Å². The Kier molecular flexibility index (Phi) is 7.79. The molecule has 1 aromatic heterocycles. The average molecular weight is 542 g/mol. The lowest BCUT2D eigenvalue weighted by Gasteiger charge is -2.28. The summed E-state index contributed by atoms with van der Waals surface area (Å²) in [7, 11) is 0. The van der Waals surface area contributed by atoms with Crippen molar-refractivity contribution in [3.8, 4) is 0 Å². The van der Waals surface area contributed by atoms with Gasteiger partial charge in [0, 0.05) is 48.3 Å². The highest BCUT2D eigenvalue weighted by Gasteiger charge is 2.32. The lowest BCUT2D eigenvalue weighted by atomic mass is 10.1. The van der Waals surface area contributed by atoms with Crippen LogP contribution < -0.4 is 0 Å². The van der Waals surface area contributed by atoms with E-state index in [0.29, 0.717) is 29.6 Å². The second kappa shape index (κ2) is 11.2. The first-order valence-electron chi connectivity index (χ1n) is 12.3. The van der Waals surface area contributed by atoms with Gasteiger partial charge in [-0.1, -0.05) is 47.5 Å². The van der Waals surface area contributed by atoms with E-state index in [0.717, 1.165) is 47.0 Å². The Balaban J connectivity index is 1.35. The number of benzene rings is 3. The molecule has 0 aliphatic heterocycles. The maximum atomic E-state index is 14.4. The van der Waals surface area contributed by atoms with Crippen LogP contribution in [-0.4, -0.2) is 39.8 Å². The van der Waals surface area contributed by atoms with Crippen LogP contribution >= 0.6 is 23.2 Å². The SMILES string of the molecule is O=C(CN(Cc1cc(F)ccc1F)C1CC1)N(CCc1c[nH]c2ccccc12)Cc1ccc(Cl)c(Cl)c1. The second-order valence-corrected chi connectivity index (χ2v) is 10.4. The molecular formula is C29H27Cl2F2N3O. The summed E-state index contributed by atoms with van der Waals surface area (Å²) in [4.78, 5) is 20.7. The first-order valence-corrected chi connectivity index (χ1v) is 13.1. The third-order valence-electron chi connectivity index (χ3n) is 6.82. The Hall–Kier alpha value is -2.93. The topological polar surface area (TPSA) is 39.3 Å². The van der Waals surface area contributed by atoms with Crippen molar-refractivity contribution in [2.45, 2.75) is 38.4 Å². The van der Waals surface area contributed by atoms with Gasteiger partial charge in [0.2, 0.25) is 5.91 Å². The van der Waals surface area contributed by atoms with Gasteiger partial charge in [0.25, 0.3) is 0 Å². The molecule has 37 heavy (non-hydrogen) atoms. The molecule has 1 N–H and O–H groups in total. The summed E-state index contributed by atoms with van der Waals surface area (Å²) in [5, 5.41) is 2.02. The number of carbonyl (C=O) groups excluding carboxylic acids is 1. The summed E-state index contributed by atoms with van der Waals surface area (Å²) in [6.07, 6.45) is 4.52. The van der Waals surface area contributed by atoms with E-state index in [2.05, 4.69) is 11.1 Å². The smallest absolute Gasteiger partial charge is 0.237 e. The molecule has 0 atom stereocenters. The Labute approximate surface area is 224 Å². The van der Waals surface area contributed by atoms with Crippen molar-refractivity contribution in [3.63, 3.8) is 0 Å². The summed E-state index contributed by atoms with van der Waals surface area (Å²) >= 11 is 12.3. The van der Waals surface area contributed by atoms with Crippen molar-refractivity contribution < 1.29 is 13.6 Å². The second-order valence-electron chi connectivity index (χ2n) is 9.55. The van der Waals surface area contributed by atoms with Crippen molar-refractivity contribution in [3.05, 3.63) is 105 Å². The highest BCUT2D eigenvalue weighted by Crippen LogP contribution is 2.29. The van der Waals surface area contributed by atoms with Crippen LogP contribution in [0.2, 0.25) is 10.0 Å². The normalized spacial score (nSPS) is 13.4. The number of halogens is 4. The van der Waals surface area contributed by atoms with Gasteiger partial charge in [-0.25, -0.2) is 8.78 Å². The van der Waals surface area contributed by atoms with Crippen LogP contribution in [0, 0.1) is 11.6 Å². The third kappa shape index (κ3) is 6.32. The molecule has 1 heterocycles. The number of rotatable bonds is 10. The Morgan fingerprint density at radius 1 is 0.946 bits per heavy atom. The van der Waals surface area contributed by atoms with Crippen LogP contribution in [0.4, 0.5) is 8.78 Å². The molecule has 0 saturated heterocycles. The molecular weight excluding hydrogens is 515 g/mol. The highest BCUT2D eigenvalue weighted by atomic mass is 35.5. The Morgan fingerprint density at radius 2 is 1.76 bits per heavy atom. The quantitative estimate of drug-likeness (QED) is 0.235. The van der Waals surface area contributed by atoms with Gasteiger partial charge in [-0.2, -0.15) is 0 Å². The van der Waals surface area contributed by atoms with Crippen LogP contribution in [0.25, 0.3) is 10.9 Å². The van der Waals surface area contributed by atoms with E-state index in [-0.39, 0.29) is 30.6 Å². The largest absolute Gasteiger partial charge is 0.361 e. The minimum Gasteiger partial charge on any atom is -0.361 e. The van der Waals surface area contributed by atoms with Gasteiger partial charge in [-0.3, -0.25) is 9.69 Å². The molecule has 0 spiro atoms. The van der Waals surface area contributed by atoms with Crippen LogP contribution in [0.5, 0.6) is 0 Å². The first-order chi connectivity index (χ1) is 17.9. The van der Waals surface area contributed by atoms with E-state index < -0.39 is 11.6 Å². The fourth-order valence-electron chi connectivity index (χ4n) is 4.65. The molecule has 1 amide bonds. The van der Waals surface area contributed by atoms with E-state index in [4.69, 9.17) is 23.2 Å². The molecule has 1 saturated carbocycles. The standard InChI is InChI=1S/C29H27Cl2F2N3O/c30-25-9-5-19(13-26(25)31)16-35(12-11-20-15-34-28-4-2-1-3-24(20)28)29(37)18-36(23-7-8-23)17-21-14-22(32)6-10-27(21)33/h1-6,9-10,13-15,23,34H,7-8,11-12,16-18H2. The molecule has 192 valence electrons. The Bertz CT molecular complexity index is 1420. The maximum Gasteiger partial charge on any atom is 0.237 e. The van der Waals surface area contributed by atoms with Gasteiger partial charge < -0.3 is 9.88 Å². The van der Waals surface area contributed by atoms with Crippen molar-refractivity contribution in [1.82, 2.24) is 14.8 Å². The van der Waals surface area contributed by atoms with Crippen molar-refractivity contribution >= 4 is 40.0 Å². The molecule has 0 unspecified atom stereocenters. The molecule has 4 aromatic rings. The van der Waals surface area contributed by atoms with Gasteiger partial charge in [0.05, 0.1) is 16.6 Å². The number of amides is 1. The maximum absolute atomic E-state index is 14.4. The first kappa shape index (κ1) is 25.7. The van der Waals surface area contributed by atoms with E-state index in [1.54, 1.807) is 17.0 Å². The number of nitrogens with one attached hydrogen (secondary N) is 1. The monoisotopic (exact) mass is 541 g/mol. The Morgan fingerprint density at radius 3 is 2.54 bits per heavy atom. The molecule has 1 aliphatic rings. The minimum absolute atomic E-state index is 0.0744. The van der Waals surface area contributed by atoms with E-state index in [1.165, 1.54) is 6.07 Å². The lowest BCUT2D eigenvalue weighted by Crippen LogP contribution is -2.41. The summed E-state index contributed by atoms with van der Waals surface area (Å²) in [6, 6.07) is 17.1. The van der Waals surface area contributed by atoms with Crippen LogP contribution in [0.1, 0.15) is 29.5 Å². The number of aromatic nitrogens is 1. The van der Waals surface area contributed by atoms with Crippen molar-refractivity contribution in [1.29, 1.82) is 0 Å². The molecule has 1 aliphatic carbocycles. The molecule has 1 fully saturated rings. The van der Waals surface area contributed by atoms with Crippen LogP contribution in [0.15, 0.2) is 66.9 Å². The van der Waals surface area contributed by atoms with Gasteiger partial charge in [-0.05, 0) is 66.8 Å². The third-order valence-corrected chi connectivity index (χ3v) is 7.56. The zero-order chi connectivity index (χ0) is 25.9. The zero-order valence-electron chi connectivity index (χ0n) is 20.2. The molecule has 8 heteroatoms. The molecule has 0 radical (unpaired) electrons. The van der Waals surface area contributed by atoms with Gasteiger partial charge >= 0.3 is 0 Å². The number of fused-ring (bicyclic) bond motifs is 1. The van der Waals surface area contributed by atoms with E-state index in [1.807, 2.05) is 35.4 Å². The fraction of sp³-hybridized carbons (Fsp3) is 0.276. The summed E-state index contributed by atoms with van der Waals surface area (Å²) < 4.78 is 28.1. The van der Waals surface area contributed by atoms with E-state index >= 15 is 0 Å². The van der Waals surface area contributed by atoms with Crippen LogP contribution in [-0.2, 0) is 24.3 Å². The van der Waals surface area contributed by atoms with Crippen molar-refractivity contribution in [2.75, 3.05) is 13.1 Å². The predicted molar refractivity (Wildman–Crippen MR) is 144 cm³/mol. The number of nitrogens with zero attached hydrogens (tertiary/aromatic N) is 2. The summed E-state index contributed by atoms with van der Waals surface area (Å²) in [5.74, 6) is -1.03. The lowest BCUT2D eigenvalue weighted by molar-refractivity contribution is -0.133. The van der Waals surface area contributed by atoms with Gasteiger partial charge in [-0.15, -0.1) is 0 Å². The average Bonchev–Trinajstić information content (AvgIpc) is 3.66. The zero-order valence-corrected chi connectivity index (χ0v) is 21.7. The number of hydrogen-bond acceptors (Lipinski definition) is 2. The molecule has 5 rings (SSSR count). The van der Waals surface area contributed by atoms with Crippen molar-refractivity contribution in [2.24, 2.45) is 0 Å². The number of hydrogen-bond donors (Lipinski definition) is 1. The minimum atomic E-state index is -0.488. The number of H-pyrrole nitrogens is 1. The predicted octanol–water partition coefficient (Wildman–Crippen LogP) is 6.99.